The number of hydrogen-bond donors (Lipinski definition) is 0. The van der Waals surface area contributed by atoms with E-state index >= 15 is 0 Å². The van der Waals surface area contributed by atoms with Crippen LogP contribution in [-0.2, 0) is 25.5 Å². The van der Waals surface area contributed by atoms with Crippen molar-refractivity contribution < 1.29 is 21.2 Å². The van der Waals surface area contributed by atoms with Gasteiger partial charge in [0.05, 0.1) is 9.79 Å². The summed E-state index contributed by atoms with van der Waals surface area (Å²) in [6.45, 7) is 6.25. The molecular weight excluding hydrogens is 415 g/mol. The highest BCUT2D eigenvalue weighted by molar-refractivity contribution is 7.89. The molecule has 1 aliphatic rings. The van der Waals surface area contributed by atoms with Crippen LogP contribution in [0.5, 0.6) is 0 Å². The summed E-state index contributed by atoms with van der Waals surface area (Å²) in [5, 5.41) is 0. The molecule has 0 saturated carbocycles. The normalized spacial score (nSPS) is 17.4. The summed E-state index contributed by atoms with van der Waals surface area (Å²) >= 11 is 0. The third-order valence-electron chi connectivity index (χ3n) is 4.99. The molecule has 0 amide bonds. The van der Waals surface area contributed by atoms with Gasteiger partial charge in [-0.2, -0.15) is 8.61 Å². The molecule has 0 bridgehead atoms. The summed E-state index contributed by atoms with van der Waals surface area (Å²) in [6.07, 6.45) is 0. The number of piperazine rings is 1. The number of sulfonamides is 2. The zero-order chi connectivity index (χ0) is 21.4. The molecule has 2 aromatic rings. The standard InChI is InChI=1S/C20H25FN2O4S2/c1-20(2,3)16-7-9-18(10-8-16)28(24,25)22-11-13-23(14-12-22)29(26,27)19-6-4-5-17(21)15-19/h4-10,15H,11-14H2,1-3H3. The van der Waals surface area contributed by atoms with Crippen LogP contribution in [-0.4, -0.2) is 51.6 Å². The lowest BCUT2D eigenvalue weighted by atomic mass is 9.87. The van der Waals surface area contributed by atoms with Crippen molar-refractivity contribution >= 4 is 20.0 Å². The summed E-state index contributed by atoms with van der Waals surface area (Å²) in [7, 11) is -7.58. The highest BCUT2D eigenvalue weighted by atomic mass is 32.2. The van der Waals surface area contributed by atoms with E-state index in [0.29, 0.717) is 0 Å². The van der Waals surface area contributed by atoms with Gasteiger partial charge in [0.2, 0.25) is 20.0 Å². The monoisotopic (exact) mass is 440 g/mol. The van der Waals surface area contributed by atoms with Crippen molar-refractivity contribution in [1.82, 2.24) is 8.61 Å². The lowest BCUT2D eigenvalue weighted by Gasteiger charge is -2.33. The second-order valence-corrected chi connectivity index (χ2v) is 11.9. The minimum Gasteiger partial charge on any atom is -0.207 e. The van der Waals surface area contributed by atoms with E-state index in [9.17, 15) is 21.2 Å². The van der Waals surface area contributed by atoms with Gasteiger partial charge in [0.25, 0.3) is 0 Å². The Labute approximate surface area is 172 Å². The molecule has 1 fully saturated rings. The number of rotatable bonds is 4. The molecule has 0 N–H and O–H groups in total. The topological polar surface area (TPSA) is 74.8 Å². The average Bonchev–Trinajstić information content (AvgIpc) is 2.67. The second kappa shape index (κ2) is 7.79. The zero-order valence-electron chi connectivity index (χ0n) is 16.7. The summed E-state index contributed by atoms with van der Waals surface area (Å²) < 4.78 is 67.1. The molecular formula is C20H25FN2O4S2. The van der Waals surface area contributed by atoms with E-state index in [4.69, 9.17) is 0 Å². The van der Waals surface area contributed by atoms with Crippen molar-refractivity contribution in [2.75, 3.05) is 26.2 Å². The first-order valence-corrected chi connectivity index (χ1v) is 12.2. The molecule has 0 spiro atoms. The van der Waals surface area contributed by atoms with Crippen molar-refractivity contribution in [3.05, 3.63) is 59.9 Å². The molecule has 3 rings (SSSR count). The van der Waals surface area contributed by atoms with Crippen LogP contribution in [0.3, 0.4) is 0 Å². The average molecular weight is 441 g/mol. The van der Waals surface area contributed by atoms with Gasteiger partial charge in [0.15, 0.2) is 0 Å². The predicted octanol–water partition coefficient (Wildman–Crippen LogP) is 2.82. The van der Waals surface area contributed by atoms with Crippen molar-refractivity contribution in [2.24, 2.45) is 0 Å². The Balaban J connectivity index is 1.74. The Bertz CT molecular complexity index is 1080. The van der Waals surface area contributed by atoms with E-state index in [-0.39, 0.29) is 41.4 Å². The van der Waals surface area contributed by atoms with Crippen LogP contribution in [0.15, 0.2) is 58.3 Å². The molecule has 0 aliphatic carbocycles. The maximum absolute atomic E-state index is 13.4. The summed E-state index contributed by atoms with van der Waals surface area (Å²) in [5.74, 6) is -0.633. The molecule has 0 unspecified atom stereocenters. The minimum atomic E-state index is -3.87. The third kappa shape index (κ3) is 4.53. The molecule has 1 saturated heterocycles. The van der Waals surface area contributed by atoms with E-state index in [0.717, 1.165) is 11.6 Å². The molecule has 0 atom stereocenters. The van der Waals surface area contributed by atoms with Gasteiger partial charge in [-0.05, 0) is 41.3 Å². The van der Waals surface area contributed by atoms with Gasteiger partial charge in [0.1, 0.15) is 5.82 Å². The fourth-order valence-corrected chi connectivity index (χ4v) is 6.08. The second-order valence-electron chi connectivity index (χ2n) is 8.04. The van der Waals surface area contributed by atoms with Crippen molar-refractivity contribution in [3.63, 3.8) is 0 Å². The van der Waals surface area contributed by atoms with Gasteiger partial charge in [-0.3, -0.25) is 0 Å². The van der Waals surface area contributed by atoms with E-state index in [1.807, 2.05) is 0 Å². The van der Waals surface area contributed by atoms with E-state index in [1.54, 1.807) is 24.3 Å². The fraction of sp³-hybridized carbons (Fsp3) is 0.400. The summed E-state index contributed by atoms with van der Waals surface area (Å²) in [4.78, 5) is 0.0542. The van der Waals surface area contributed by atoms with Crippen LogP contribution in [0.2, 0.25) is 0 Å². The van der Waals surface area contributed by atoms with Crippen LogP contribution in [0.25, 0.3) is 0 Å². The molecule has 6 nitrogen and oxygen atoms in total. The van der Waals surface area contributed by atoms with Crippen molar-refractivity contribution in [2.45, 2.75) is 36.0 Å². The van der Waals surface area contributed by atoms with E-state index in [1.165, 1.54) is 26.8 Å². The lowest BCUT2D eigenvalue weighted by Crippen LogP contribution is -2.50. The number of nitrogens with zero attached hydrogens (tertiary/aromatic N) is 2. The quantitative estimate of drug-likeness (QED) is 0.733. The zero-order valence-corrected chi connectivity index (χ0v) is 18.3. The van der Waals surface area contributed by atoms with Gasteiger partial charge in [-0.15, -0.1) is 0 Å². The fourth-order valence-electron chi connectivity index (χ4n) is 3.20. The van der Waals surface area contributed by atoms with Gasteiger partial charge >= 0.3 is 0 Å². The van der Waals surface area contributed by atoms with E-state index < -0.39 is 25.9 Å². The van der Waals surface area contributed by atoms with E-state index in [2.05, 4.69) is 20.8 Å². The summed E-state index contributed by atoms with van der Waals surface area (Å²) in [6, 6.07) is 11.6. The molecule has 0 aromatic heterocycles. The largest absolute Gasteiger partial charge is 0.243 e. The predicted molar refractivity (Wildman–Crippen MR) is 109 cm³/mol. The minimum absolute atomic E-state index is 0.0121. The SMILES string of the molecule is CC(C)(C)c1ccc(S(=O)(=O)N2CCN(S(=O)(=O)c3cccc(F)c3)CC2)cc1. The van der Waals surface area contributed by atoms with Crippen molar-refractivity contribution in [1.29, 1.82) is 0 Å². The maximum Gasteiger partial charge on any atom is 0.243 e. The highest BCUT2D eigenvalue weighted by Crippen LogP contribution is 2.26. The third-order valence-corrected chi connectivity index (χ3v) is 8.80. The smallest absolute Gasteiger partial charge is 0.207 e. The summed E-state index contributed by atoms with van der Waals surface area (Å²) in [5.41, 5.74) is 0.946. The molecule has 1 aliphatic heterocycles. The van der Waals surface area contributed by atoms with Crippen LogP contribution in [0, 0.1) is 5.82 Å². The molecule has 2 aromatic carbocycles. The number of halogens is 1. The Morgan fingerprint density at radius 1 is 0.759 bits per heavy atom. The van der Waals surface area contributed by atoms with Crippen LogP contribution in [0.1, 0.15) is 26.3 Å². The first-order valence-electron chi connectivity index (χ1n) is 9.29. The first kappa shape index (κ1) is 21.9. The Morgan fingerprint density at radius 3 is 1.69 bits per heavy atom. The Morgan fingerprint density at radius 2 is 1.24 bits per heavy atom. The van der Waals surface area contributed by atoms with Gasteiger partial charge < -0.3 is 0 Å². The molecule has 1 heterocycles. The molecule has 158 valence electrons. The van der Waals surface area contributed by atoms with Gasteiger partial charge in [0, 0.05) is 26.2 Å². The maximum atomic E-state index is 13.4. The van der Waals surface area contributed by atoms with Crippen LogP contribution in [0.4, 0.5) is 4.39 Å². The molecule has 29 heavy (non-hydrogen) atoms. The number of benzene rings is 2. The van der Waals surface area contributed by atoms with Crippen LogP contribution < -0.4 is 0 Å². The lowest BCUT2D eigenvalue weighted by molar-refractivity contribution is 0.272. The number of hydrogen-bond acceptors (Lipinski definition) is 4. The van der Waals surface area contributed by atoms with Gasteiger partial charge in [-0.25, -0.2) is 21.2 Å². The van der Waals surface area contributed by atoms with Gasteiger partial charge in [-0.1, -0.05) is 39.0 Å². The molecule has 9 heteroatoms. The van der Waals surface area contributed by atoms with Crippen LogP contribution >= 0.6 is 0 Å². The van der Waals surface area contributed by atoms with Crippen molar-refractivity contribution in [3.8, 4) is 0 Å². The Kier molecular flexibility index (Phi) is 5.88. The molecule has 0 radical (unpaired) electrons. The highest BCUT2D eigenvalue weighted by Gasteiger charge is 2.34. The Hall–Kier alpha value is -1.81. The first-order chi connectivity index (χ1) is 13.4.